The Labute approximate surface area is 88.0 Å². The van der Waals surface area contributed by atoms with Crippen LogP contribution in [0.2, 0.25) is 0 Å². The molecule has 0 fully saturated rings. The molecular formula is C11H12N2O2. The molecule has 2 heterocycles. The van der Waals surface area contributed by atoms with Crippen molar-refractivity contribution in [2.24, 2.45) is 0 Å². The summed E-state index contributed by atoms with van der Waals surface area (Å²) in [5.41, 5.74) is 1.61. The summed E-state index contributed by atoms with van der Waals surface area (Å²) in [5, 5.41) is 17.6. The summed E-state index contributed by atoms with van der Waals surface area (Å²) < 4.78 is 7.33. The first-order valence-corrected chi connectivity index (χ1v) is 4.89. The van der Waals surface area contributed by atoms with Crippen molar-refractivity contribution in [2.45, 2.75) is 19.4 Å². The fourth-order valence-electron chi connectivity index (χ4n) is 1.59. The third kappa shape index (κ3) is 1.88. The smallest absolute Gasteiger partial charge is 0.128 e. The maximum absolute atomic E-state index is 8.86. The maximum Gasteiger partial charge on any atom is 0.128 e. The summed E-state index contributed by atoms with van der Waals surface area (Å²) in [6, 6.07) is 5.79. The molecule has 0 atom stereocenters. The number of hydrogen-bond acceptors (Lipinski definition) is 3. The van der Waals surface area contributed by atoms with Crippen LogP contribution in [0.25, 0.3) is 6.20 Å². The molecule has 1 aromatic heterocycles. The van der Waals surface area contributed by atoms with Crippen LogP contribution >= 0.6 is 0 Å². The minimum Gasteiger partial charge on any atom is -0.490 e. The van der Waals surface area contributed by atoms with Crippen LogP contribution in [0.4, 0.5) is 0 Å². The molecular weight excluding hydrogens is 192 g/mol. The number of nitrogens with zero attached hydrogens (tertiary/aromatic N) is 2. The van der Waals surface area contributed by atoms with Crippen molar-refractivity contribution in [1.82, 2.24) is 4.57 Å². The Hall–Kier alpha value is -1.73. The van der Waals surface area contributed by atoms with Gasteiger partial charge in [0.2, 0.25) is 0 Å². The van der Waals surface area contributed by atoms with E-state index in [1.807, 2.05) is 16.8 Å². The van der Waals surface area contributed by atoms with Gasteiger partial charge in [-0.3, -0.25) is 0 Å². The van der Waals surface area contributed by atoms with Gasteiger partial charge in [-0.25, -0.2) is 0 Å². The number of aliphatic hydroxyl groups is 1. The molecule has 1 aliphatic heterocycles. The van der Waals surface area contributed by atoms with Crippen LogP contribution in [0, 0.1) is 11.3 Å². The quantitative estimate of drug-likeness (QED) is 0.810. The summed E-state index contributed by atoms with van der Waals surface area (Å²) in [5.74, 6) is 0.823. The Morgan fingerprint density at radius 3 is 3.13 bits per heavy atom. The Balaban J connectivity index is 2.23. The number of rotatable bonds is 3. The molecule has 78 valence electrons. The van der Waals surface area contributed by atoms with Crippen LogP contribution in [-0.2, 0) is 11.3 Å². The van der Waals surface area contributed by atoms with Crippen molar-refractivity contribution in [3.63, 3.8) is 0 Å². The number of aromatic nitrogens is 1. The van der Waals surface area contributed by atoms with Crippen molar-refractivity contribution < 1.29 is 9.84 Å². The molecule has 0 saturated carbocycles. The second-order valence-electron chi connectivity index (χ2n) is 3.40. The number of fused-ring (bicyclic) bond motifs is 1. The molecule has 0 bridgehead atoms. The zero-order valence-electron chi connectivity index (χ0n) is 8.31. The average Bonchev–Trinajstić information content (AvgIpc) is 2.68. The molecule has 0 spiro atoms. The number of hydrogen-bond donors (Lipinski definition) is 1. The number of aliphatic hydroxyl groups excluding tert-OH is 1. The van der Waals surface area contributed by atoms with Crippen molar-refractivity contribution in [1.29, 1.82) is 5.26 Å². The second-order valence-corrected chi connectivity index (χ2v) is 3.40. The van der Waals surface area contributed by atoms with Gasteiger partial charge in [-0.15, -0.1) is 0 Å². The molecule has 0 aromatic carbocycles. The van der Waals surface area contributed by atoms with Gasteiger partial charge in [-0.1, -0.05) is 0 Å². The van der Waals surface area contributed by atoms with Gasteiger partial charge >= 0.3 is 0 Å². The van der Waals surface area contributed by atoms with Gasteiger partial charge < -0.3 is 14.4 Å². The third-order valence-corrected chi connectivity index (χ3v) is 2.38. The number of allylic oxidation sites excluding steroid dienone is 1. The molecule has 4 nitrogen and oxygen atoms in total. The summed E-state index contributed by atoms with van der Waals surface area (Å²) in [7, 11) is 0. The Kier molecular flexibility index (Phi) is 2.75. The highest BCUT2D eigenvalue weighted by molar-refractivity contribution is 5.42. The van der Waals surface area contributed by atoms with E-state index in [4.69, 9.17) is 15.1 Å². The van der Waals surface area contributed by atoms with E-state index in [2.05, 4.69) is 6.07 Å². The second kappa shape index (κ2) is 4.20. The van der Waals surface area contributed by atoms with Crippen LogP contribution in [-0.4, -0.2) is 16.3 Å². The highest BCUT2D eigenvalue weighted by atomic mass is 16.5. The summed E-state index contributed by atoms with van der Waals surface area (Å²) in [6.07, 6.45) is 3.22. The van der Waals surface area contributed by atoms with E-state index in [-0.39, 0.29) is 6.61 Å². The van der Waals surface area contributed by atoms with Gasteiger partial charge in [-0.2, -0.15) is 5.26 Å². The Morgan fingerprint density at radius 2 is 2.40 bits per heavy atom. The molecule has 2 rings (SSSR count). The summed E-state index contributed by atoms with van der Waals surface area (Å²) in [4.78, 5) is 0. The molecule has 15 heavy (non-hydrogen) atoms. The molecule has 0 aliphatic carbocycles. The topological polar surface area (TPSA) is 58.2 Å². The zero-order valence-corrected chi connectivity index (χ0v) is 8.31. The van der Waals surface area contributed by atoms with Crippen molar-refractivity contribution >= 4 is 6.20 Å². The lowest BCUT2D eigenvalue weighted by molar-refractivity contribution is 0.171. The van der Waals surface area contributed by atoms with E-state index in [0.717, 1.165) is 11.5 Å². The monoisotopic (exact) mass is 204 g/mol. The first kappa shape index (κ1) is 9.81. The van der Waals surface area contributed by atoms with Gasteiger partial charge in [0, 0.05) is 19.2 Å². The van der Waals surface area contributed by atoms with Crippen LogP contribution in [0.15, 0.2) is 17.9 Å². The minimum atomic E-state index is 0.157. The first-order chi connectivity index (χ1) is 7.35. The SMILES string of the molecule is N#Cc1ccc2n1C=C(CCCO)OC2. The zero-order chi connectivity index (χ0) is 10.7. The molecule has 1 aromatic rings. The largest absolute Gasteiger partial charge is 0.490 e. The third-order valence-electron chi connectivity index (χ3n) is 2.38. The van der Waals surface area contributed by atoms with Crippen LogP contribution in [0.1, 0.15) is 24.2 Å². The predicted molar refractivity (Wildman–Crippen MR) is 54.5 cm³/mol. The lowest BCUT2D eigenvalue weighted by Gasteiger charge is -2.17. The van der Waals surface area contributed by atoms with E-state index in [0.29, 0.717) is 25.1 Å². The molecule has 0 unspecified atom stereocenters. The van der Waals surface area contributed by atoms with Gasteiger partial charge in [0.05, 0.1) is 5.69 Å². The molecule has 1 aliphatic rings. The van der Waals surface area contributed by atoms with E-state index < -0.39 is 0 Å². The summed E-state index contributed by atoms with van der Waals surface area (Å²) >= 11 is 0. The Bertz CT molecular complexity index is 426. The summed E-state index contributed by atoms with van der Waals surface area (Å²) in [6.45, 7) is 0.656. The number of nitriles is 1. The van der Waals surface area contributed by atoms with Gasteiger partial charge in [0.1, 0.15) is 24.1 Å². The standard InChI is InChI=1S/C11H12N2O2/c12-6-9-3-4-10-8-15-11(2-1-5-14)7-13(9)10/h3-4,7,14H,1-2,5,8H2. The van der Waals surface area contributed by atoms with Crippen molar-refractivity contribution in [3.8, 4) is 6.07 Å². The molecule has 0 radical (unpaired) electrons. The Morgan fingerprint density at radius 1 is 1.53 bits per heavy atom. The van der Waals surface area contributed by atoms with E-state index in [1.165, 1.54) is 0 Å². The van der Waals surface area contributed by atoms with Gasteiger partial charge in [0.25, 0.3) is 0 Å². The maximum atomic E-state index is 8.86. The highest BCUT2D eigenvalue weighted by Gasteiger charge is 2.13. The minimum absolute atomic E-state index is 0.157. The molecule has 0 amide bonds. The van der Waals surface area contributed by atoms with E-state index >= 15 is 0 Å². The lowest BCUT2D eigenvalue weighted by atomic mass is 10.2. The molecule has 4 heteroatoms. The fraction of sp³-hybridized carbons (Fsp3) is 0.364. The van der Waals surface area contributed by atoms with Crippen molar-refractivity contribution in [3.05, 3.63) is 29.3 Å². The van der Waals surface area contributed by atoms with E-state index in [9.17, 15) is 0 Å². The predicted octanol–water partition coefficient (Wildman–Crippen LogP) is 1.46. The lowest BCUT2D eigenvalue weighted by Crippen LogP contribution is -2.08. The normalized spacial score (nSPS) is 13.7. The van der Waals surface area contributed by atoms with Crippen molar-refractivity contribution in [2.75, 3.05) is 6.61 Å². The molecule has 1 N–H and O–H groups in total. The average molecular weight is 204 g/mol. The van der Waals surface area contributed by atoms with Crippen LogP contribution in [0.3, 0.4) is 0 Å². The van der Waals surface area contributed by atoms with Crippen LogP contribution < -0.4 is 0 Å². The van der Waals surface area contributed by atoms with Gasteiger partial charge in [-0.05, 0) is 18.6 Å². The fourth-order valence-corrected chi connectivity index (χ4v) is 1.59. The van der Waals surface area contributed by atoms with Crippen LogP contribution in [0.5, 0.6) is 0 Å². The molecule has 0 saturated heterocycles. The van der Waals surface area contributed by atoms with Gasteiger partial charge in [0.15, 0.2) is 0 Å². The first-order valence-electron chi connectivity index (χ1n) is 4.89. The highest BCUT2D eigenvalue weighted by Crippen LogP contribution is 2.21. The number of ether oxygens (including phenoxy) is 1. The van der Waals surface area contributed by atoms with E-state index in [1.54, 1.807) is 6.07 Å².